The van der Waals surface area contributed by atoms with Gasteiger partial charge in [0.1, 0.15) is 5.69 Å². The number of carbonyl (C=O) groups is 2. The van der Waals surface area contributed by atoms with Crippen molar-refractivity contribution in [2.24, 2.45) is 5.92 Å². The predicted octanol–water partition coefficient (Wildman–Crippen LogP) is 2.12. The molecule has 1 N–H and O–H groups in total. The molecule has 0 unspecified atom stereocenters. The molecule has 7 nitrogen and oxygen atoms in total. The first-order valence-electron chi connectivity index (χ1n) is 7.86. The number of thiazole rings is 1. The van der Waals surface area contributed by atoms with Crippen LogP contribution in [-0.2, 0) is 17.8 Å². The fourth-order valence-electron chi connectivity index (χ4n) is 2.52. The Morgan fingerprint density at radius 1 is 1.38 bits per heavy atom. The number of nitrogens with one attached hydrogen (secondary N) is 1. The van der Waals surface area contributed by atoms with Crippen LogP contribution in [0, 0.1) is 5.92 Å². The molecule has 3 rings (SSSR count). The molecule has 24 heavy (non-hydrogen) atoms. The van der Waals surface area contributed by atoms with Gasteiger partial charge in [-0.1, -0.05) is 25.2 Å². The van der Waals surface area contributed by atoms with Crippen molar-refractivity contribution in [3.05, 3.63) is 34.9 Å². The Morgan fingerprint density at radius 3 is 2.92 bits per heavy atom. The van der Waals surface area contributed by atoms with Crippen LogP contribution in [0.5, 0.6) is 0 Å². The van der Waals surface area contributed by atoms with Crippen molar-refractivity contribution < 1.29 is 9.59 Å². The summed E-state index contributed by atoms with van der Waals surface area (Å²) < 4.78 is 0. The Kier molecular flexibility index (Phi) is 4.84. The van der Waals surface area contributed by atoms with Crippen LogP contribution >= 0.6 is 11.3 Å². The molecule has 0 spiro atoms. The number of nitrogens with zero attached hydrogens (tertiary/aromatic N) is 4. The minimum atomic E-state index is -0.332. The summed E-state index contributed by atoms with van der Waals surface area (Å²) in [5.74, 6) is 0.193. The summed E-state index contributed by atoms with van der Waals surface area (Å²) in [7, 11) is 0. The molecule has 1 aliphatic rings. The summed E-state index contributed by atoms with van der Waals surface area (Å²) in [5, 5.41) is 3.29. The fourth-order valence-corrected chi connectivity index (χ4v) is 3.54. The molecule has 0 radical (unpaired) electrons. The largest absolute Gasteiger partial charge is 0.337 e. The van der Waals surface area contributed by atoms with Crippen molar-refractivity contribution in [1.82, 2.24) is 19.9 Å². The summed E-state index contributed by atoms with van der Waals surface area (Å²) in [6, 6.07) is 0. The number of hydrogen-bond donors (Lipinski definition) is 1. The molecular formula is C16H19N5O2S. The Balaban J connectivity index is 1.67. The molecule has 0 bridgehead atoms. The van der Waals surface area contributed by atoms with Crippen LogP contribution in [0.15, 0.2) is 18.6 Å². The SMILES string of the molecule is CC(C)CC(=O)N1CCc2nc(NC(=O)c3cnccn3)sc2C1. The van der Waals surface area contributed by atoms with Gasteiger partial charge in [0.25, 0.3) is 5.91 Å². The average Bonchev–Trinajstić information content (AvgIpc) is 2.96. The maximum atomic E-state index is 12.2. The lowest BCUT2D eigenvalue weighted by atomic mass is 10.1. The molecule has 1 aliphatic heterocycles. The molecule has 2 aromatic rings. The van der Waals surface area contributed by atoms with Crippen LogP contribution in [0.3, 0.4) is 0 Å². The second-order valence-electron chi connectivity index (χ2n) is 6.10. The fraction of sp³-hybridized carbons (Fsp3) is 0.438. The molecule has 2 amide bonds. The number of fused-ring (bicyclic) bond motifs is 1. The lowest BCUT2D eigenvalue weighted by Crippen LogP contribution is -2.36. The summed E-state index contributed by atoms with van der Waals surface area (Å²) in [6.07, 6.45) is 5.68. The molecule has 0 atom stereocenters. The molecule has 3 heterocycles. The van der Waals surface area contributed by atoms with Crippen molar-refractivity contribution in [1.29, 1.82) is 0 Å². The first kappa shape index (κ1) is 16.5. The number of carbonyl (C=O) groups excluding carboxylic acids is 2. The number of anilines is 1. The van der Waals surface area contributed by atoms with Gasteiger partial charge in [0.15, 0.2) is 5.13 Å². The summed E-state index contributed by atoms with van der Waals surface area (Å²) in [4.78, 5) is 39.5. The minimum absolute atomic E-state index is 0.175. The highest BCUT2D eigenvalue weighted by Gasteiger charge is 2.25. The van der Waals surface area contributed by atoms with Crippen molar-refractivity contribution in [2.75, 3.05) is 11.9 Å². The quantitative estimate of drug-likeness (QED) is 0.917. The highest BCUT2D eigenvalue weighted by molar-refractivity contribution is 7.15. The monoisotopic (exact) mass is 345 g/mol. The highest BCUT2D eigenvalue weighted by atomic mass is 32.1. The van der Waals surface area contributed by atoms with Crippen molar-refractivity contribution in [3.8, 4) is 0 Å². The summed E-state index contributed by atoms with van der Waals surface area (Å²) in [5.41, 5.74) is 1.21. The van der Waals surface area contributed by atoms with E-state index in [-0.39, 0.29) is 17.5 Å². The van der Waals surface area contributed by atoms with E-state index in [4.69, 9.17) is 0 Å². The van der Waals surface area contributed by atoms with Crippen LogP contribution < -0.4 is 5.32 Å². The summed E-state index contributed by atoms with van der Waals surface area (Å²) >= 11 is 1.41. The van der Waals surface area contributed by atoms with E-state index in [0.717, 1.165) is 17.0 Å². The van der Waals surface area contributed by atoms with E-state index < -0.39 is 0 Å². The van der Waals surface area contributed by atoms with Gasteiger partial charge in [-0.2, -0.15) is 0 Å². The zero-order valence-electron chi connectivity index (χ0n) is 13.7. The predicted molar refractivity (Wildman–Crippen MR) is 90.7 cm³/mol. The lowest BCUT2D eigenvalue weighted by Gasteiger charge is -2.26. The molecule has 0 aromatic carbocycles. The maximum Gasteiger partial charge on any atom is 0.277 e. The zero-order valence-corrected chi connectivity index (χ0v) is 14.5. The van der Waals surface area contributed by atoms with E-state index in [1.165, 1.54) is 29.9 Å². The Labute approximate surface area is 144 Å². The highest BCUT2D eigenvalue weighted by Crippen LogP contribution is 2.29. The Hall–Kier alpha value is -2.35. The van der Waals surface area contributed by atoms with Gasteiger partial charge in [-0.3, -0.25) is 19.9 Å². The van der Waals surface area contributed by atoms with Gasteiger partial charge in [-0.25, -0.2) is 9.97 Å². The van der Waals surface area contributed by atoms with Crippen molar-refractivity contribution >= 4 is 28.3 Å². The van der Waals surface area contributed by atoms with E-state index in [9.17, 15) is 9.59 Å². The number of amides is 2. The third-order valence-corrected chi connectivity index (χ3v) is 4.68. The second kappa shape index (κ2) is 7.04. The molecule has 8 heteroatoms. The van der Waals surface area contributed by atoms with Crippen LogP contribution in [0.1, 0.15) is 41.3 Å². The van der Waals surface area contributed by atoms with E-state index in [0.29, 0.717) is 30.6 Å². The second-order valence-corrected chi connectivity index (χ2v) is 7.18. The van der Waals surface area contributed by atoms with Crippen LogP contribution in [-0.4, -0.2) is 38.2 Å². The van der Waals surface area contributed by atoms with Crippen molar-refractivity contribution in [3.63, 3.8) is 0 Å². The van der Waals surface area contributed by atoms with E-state index >= 15 is 0 Å². The minimum Gasteiger partial charge on any atom is -0.337 e. The first-order chi connectivity index (χ1) is 11.5. The van der Waals surface area contributed by atoms with Crippen LogP contribution in [0.25, 0.3) is 0 Å². The number of aromatic nitrogens is 3. The van der Waals surface area contributed by atoms with Gasteiger partial charge < -0.3 is 4.90 Å². The molecule has 0 saturated heterocycles. The van der Waals surface area contributed by atoms with Gasteiger partial charge in [-0.05, 0) is 5.92 Å². The number of hydrogen-bond acceptors (Lipinski definition) is 6. The molecule has 2 aromatic heterocycles. The van der Waals surface area contributed by atoms with Gasteiger partial charge in [0, 0.05) is 36.7 Å². The third-order valence-electron chi connectivity index (χ3n) is 3.68. The number of rotatable bonds is 4. The van der Waals surface area contributed by atoms with E-state index in [1.54, 1.807) is 0 Å². The normalized spacial score (nSPS) is 13.7. The molecule has 0 fully saturated rings. The standard InChI is InChI=1S/C16H19N5O2S/c1-10(2)7-14(22)21-6-3-11-13(9-21)24-16(19-11)20-15(23)12-8-17-4-5-18-12/h4-5,8,10H,3,6-7,9H2,1-2H3,(H,19,20,23). The maximum absolute atomic E-state index is 12.2. The molecule has 0 saturated carbocycles. The topological polar surface area (TPSA) is 88.1 Å². The van der Waals surface area contributed by atoms with Gasteiger partial charge >= 0.3 is 0 Å². The van der Waals surface area contributed by atoms with Crippen LogP contribution in [0.4, 0.5) is 5.13 Å². The molecule has 126 valence electrons. The van der Waals surface area contributed by atoms with E-state index in [2.05, 4.69) is 20.3 Å². The van der Waals surface area contributed by atoms with E-state index in [1.807, 2.05) is 18.7 Å². The summed E-state index contributed by atoms with van der Waals surface area (Å²) in [6.45, 7) is 5.33. The van der Waals surface area contributed by atoms with Gasteiger partial charge in [-0.15, -0.1) is 0 Å². The zero-order chi connectivity index (χ0) is 17.1. The van der Waals surface area contributed by atoms with Crippen LogP contribution in [0.2, 0.25) is 0 Å². The van der Waals surface area contributed by atoms with Gasteiger partial charge in [0.2, 0.25) is 5.91 Å². The van der Waals surface area contributed by atoms with Gasteiger partial charge in [0.05, 0.1) is 18.4 Å². The lowest BCUT2D eigenvalue weighted by molar-refractivity contribution is -0.132. The average molecular weight is 345 g/mol. The molecule has 0 aliphatic carbocycles. The Bertz CT molecular complexity index is 744. The molecular weight excluding hydrogens is 326 g/mol. The third kappa shape index (κ3) is 3.76. The first-order valence-corrected chi connectivity index (χ1v) is 8.68. The smallest absolute Gasteiger partial charge is 0.277 e. The Morgan fingerprint density at radius 2 is 2.21 bits per heavy atom. The van der Waals surface area contributed by atoms with Crippen molar-refractivity contribution in [2.45, 2.75) is 33.2 Å².